The third kappa shape index (κ3) is 3.34. The molecule has 0 saturated heterocycles. The number of hydrogen-bond donors (Lipinski definition) is 0. The minimum absolute atomic E-state index is 0.785. The predicted molar refractivity (Wildman–Crippen MR) is 141 cm³/mol. The van der Waals surface area contributed by atoms with Gasteiger partial charge in [-0.15, -0.1) is 11.3 Å². The molecule has 0 aliphatic rings. The first kappa shape index (κ1) is 19.1. The van der Waals surface area contributed by atoms with Crippen molar-refractivity contribution in [1.29, 1.82) is 0 Å². The third-order valence-corrected chi connectivity index (χ3v) is 7.24. The maximum atomic E-state index is 5.98. The van der Waals surface area contributed by atoms with Gasteiger partial charge in [-0.3, -0.25) is 0 Å². The first-order valence-electron chi connectivity index (χ1n) is 10.7. The molecule has 1 aromatic heterocycles. The van der Waals surface area contributed by atoms with Crippen molar-refractivity contribution in [3.8, 4) is 33.4 Å². The van der Waals surface area contributed by atoms with E-state index in [1.54, 1.807) is 0 Å². The molecule has 148 valence electrons. The standard InChI is InChI=1S/C30H19BS/c31-25-9-4-8-24(19-25)23-7-3-6-22(18-23)20-14-16-21(17-15-20)26-11-5-12-28-27-10-1-2-13-29(27)32-30(26)28/h1-19H. The zero-order chi connectivity index (χ0) is 21.5. The molecule has 0 unspecified atom stereocenters. The Morgan fingerprint density at radius 2 is 1.09 bits per heavy atom. The molecule has 0 spiro atoms. The van der Waals surface area contributed by atoms with Crippen molar-refractivity contribution < 1.29 is 0 Å². The van der Waals surface area contributed by atoms with Crippen LogP contribution in [0.5, 0.6) is 0 Å². The second kappa shape index (κ2) is 7.82. The zero-order valence-corrected chi connectivity index (χ0v) is 18.3. The molecule has 0 bridgehead atoms. The number of fused-ring (bicyclic) bond motifs is 3. The lowest BCUT2D eigenvalue weighted by atomic mass is 9.91. The van der Waals surface area contributed by atoms with Crippen LogP contribution in [0.2, 0.25) is 0 Å². The van der Waals surface area contributed by atoms with E-state index in [2.05, 4.69) is 97.1 Å². The summed E-state index contributed by atoms with van der Waals surface area (Å²) in [4.78, 5) is 0. The minimum Gasteiger partial charge on any atom is -0.135 e. The minimum atomic E-state index is 0.785. The molecule has 5 aromatic carbocycles. The highest BCUT2D eigenvalue weighted by molar-refractivity contribution is 7.26. The van der Waals surface area contributed by atoms with Gasteiger partial charge in [-0.05, 0) is 45.5 Å². The Kier molecular flexibility index (Phi) is 4.67. The summed E-state index contributed by atoms with van der Waals surface area (Å²) in [6.07, 6.45) is 0. The second-order valence-corrected chi connectivity index (χ2v) is 9.12. The third-order valence-electron chi connectivity index (χ3n) is 6.02. The van der Waals surface area contributed by atoms with Gasteiger partial charge in [0.15, 0.2) is 0 Å². The van der Waals surface area contributed by atoms with Crippen LogP contribution in [0, 0.1) is 0 Å². The Hall–Kier alpha value is -3.62. The molecule has 0 fully saturated rings. The van der Waals surface area contributed by atoms with Gasteiger partial charge in [0, 0.05) is 20.2 Å². The summed E-state index contributed by atoms with van der Waals surface area (Å²) in [5.41, 5.74) is 8.06. The Morgan fingerprint density at radius 3 is 1.91 bits per heavy atom. The van der Waals surface area contributed by atoms with E-state index in [0.717, 1.165) is 11.0 Å². The van der Waals surface area contributed by atoms with Gasteiger partial charge in [0.2, 0.25) is 0 Å². The van der Waals surface area contributed by atoms with Crippen LogP contribution in [0.25, 0.3) is 53.6 Å². The van der Waals surface area contributed by atoms with Crippen LogP contribution < -0.4 is 5.46 Å². The monoisotopic (exact) mass is 422 g/mol. The SMILES string of the molecule is [B]c1cccc(-c2cccc(-c3ccc(-c4cccc5c4sc4ccccc45)cc3)c2)c1. The second-order valence-electron chi connectivity index (χ2n) is 8.06. The lowest BCUT2D eigenvalue weighted by Gasteiger charge is -2.09. The lowest BCUT2D eigenvalue weighted by molar-refractivity contribution is 1.59. The fourth-order valence-electron chi connectivity index (χ4n) is 4.41. The molecule has 2 heteroatoms. The van der Waals surface area contributed by atoms with Gasteiger partial charge in [0.25, 0.3) is 0 Å². The zero-order valence-electron chi connectivity index (χ0n) is 17.5. The summed E-state index contributed by atoms with van der Waals surface area (Å²) in [5.74, 6) is 0. The number of thiophene rings is 1. The molecule has 0 N–H and O–H groups in total. The molecule has 1 heterocycles. The summed E-state index contributed by atoms with van der Waals surface area (Å²) in [5, 5.41) is 2.67. The highest BCUT2D eigenvalue weighted by Crippen LogP contribution is 2.40. The molecule has 2 radical (unpaired) electrons. The van der Waals surface area contributed by atoms with Crippen LogP contribution >= 0.6 is 11.3 Å². The number of hydrogen-bond acceptors (Lipinski definition) is 1. The summed E-state index contributed by atoms with van der Waals surface area (Å²) < 4.78 is 2.69. The predicted octanol–water partition coefficient (Wildman–Crippen LogP) is 7.85. The molecule has 0 aliphatic carbocycles. The van der Waals surface area contributed by atoms with Crippen LogP contribution in [0.15, 0.2) is 115 Å². The molecule has 32 heavy (non-hydrogen) atoms. The maximum Gasteiger partial charge on any atom is 0.113 e. The molecule has 6 aromatic rings. The van der Waals surface area contributed by atoms with Gasteiger partial charge < -0.3 is 0 Å². The van der Waals surface area contributed by atoms with E-state index >= 15 is 0 Å². The Morgan fingerprint density at radius 1 is 0.469 bits per heavy atom. The van der Waals surface area contributed by atoms with E-state index in [9.17, 15) is 0 Å². The Bertz CT molecular complexity index is 1570. The lowest BCUT2D eigenvalue weighted by Crippen LogP contribution is -2.00. The van der Waals surface area contributed by atoms with Crippen molar-refractivity contribution in [3.63, 3.8) is 0 Å². The van der Waals surface area contributed by atoms with E-state index in [-0.39, 0.29) is 0 Å². The van der Waals surface area contributed by atoms with Gasteiger partial charge in [0.1, 0.15) is 7.85 Å². The van der Waals surface area contributed by atoms with E-state index in [0.29, 0.717) is 0 Å². The number of benzene rings is 5. The average Bonchev–Trinajstić information content (AvgIpc) is 3.23. The highest BCUT2D eigenvalue weighted by atomic mass is 32.1. The Balaban J connectivity index is 1.39. The largest absolute Gasteiger partial charge is 0.135 e. The van der Waals surface area contributed by atoms with Crippen LogP contribution in [0.3, 0.4) is 0 Å². The fraction of sp³-hybridized carbons (Fsp3) is 0. The highest BCUT2D eigenvalue weighted by Gasteiger charge is 2.10. The van der Waals surface area contributed by atoms with Crippen molar-refractivity contribution in [2.75, 3.05) is 0 Å². The molecule has 0 amide bonds. The Labute approximate surface area is 193 Å². The molecule has 0 nitrogen and oxygen atoms in total. The summed E-state index contributed by atoms with van der Waals surface area (Å²) in [6, 6.07) is 40.9. The van der Waals surface area contributed by atoms with Gasteiger partial charge in [0.05, 0.1) is 0 Å². The maximum absolute atomic E-state index is 5.98. The summed E-state index contributed by atoms with van der Waals surface area (Å²) >= 11 is 1.87. The van der Waals surface area contributed by atoms with E-state index in [4.69, 9.17) is 7.85 Å². The average molecular weight is 422 g/mol. The first-order chi connectivity index (χ1) is 15.8. The van der Waals surface area contributed by atoms with Crippen molar-refractivity contribution in [2.45, 2.75) is 0 Å². The van der Waals surface area contributed by atoms with Gasteiger partial charge in [-0.1, -0.05) is 109 Å². The fourth-order valence-corrected chi connectivity index (χ4v) is 5.65. The van der Waals surface area contributed by atoms with E-state index in [1.165, 1.54) is 48.0 Å². The molecular formula is C30H19BS. The van der Waals surface area contributed by atoms with Gasteiger partial charge in [-0.25, -0.2) is 0 Å². The smallest absolute Gasteiger partial charge is 0.113 e. The van der Waals surface area contributed by atoms with E-state index < -0.39 is 0 Å². The van der Waals surface area contributed by atoms with Crippen LogP contribution in [0.1, 0.15) is 0 Å². The normalized spacial score (nSPS) is 11.2. The number of rotatable bonds is 3. The van der Waals surface area contributed by atoms with Crippen LogP contribution in [-0.2, 0) is 0 Å². The van der Waals surface area contributed by atoms with Crippen LogP contribution in [0.4, 0.5) is 0 Å². The van der Waals surface area contributed by atoms with E-state index in [1.807, 2.05) is 29.5 Å². The topological polar surface area (TPSA) is 0 Å². The first-order valence-corrected chi connectivity index (χ1v) is 11.5. The van der Waals surface area contributed by atoms with Gasteiger partial charge in [-0.2, -0.15) is 0 Å². The van der Waals surface area contributed by atoms with Gasteiger partial charge >= 0.3 is 0 Å². The molecule has 0 aliphatic heterocycles. The van der Waals surface area contributed by atoms with Crippen molar-refractivity contribution in [2.24, 2.45) is 0 Å². The summed E-state index contributed by atoms with van der Waals surface area (Å²) in [6.45, 7) is 0. The molecular weight excluding hydrogens is 403 g/mol. The molecule has 6 rings (SSSR count). The summed E-state index contributed by atoms with van der Waals surface area (Å²) in [7, 11) is 5.98. The van der Waals surface area contributed by atoms with Crippen LogP contribution in [-0.4, -0.2) is 7.85 Å². The quantitative estimate of drug-likeness (QED) is 0.255. The molecule has 0 saturated carbocycles. The van der Waals surface area contributed by atoms with Crippen molar-refractivity contribution in [1.82, 2.24) is 0 Å². The van der Waals surface area contributed by atoms with Crippen molar-refractivity contribution >= 4 is 44.8 Å². The van der Waals surface area contributed by atoms with Crippen molar-refractivity contribution in [3.05, 3.63) is 115 Å². The molecule has 0 atom stereocenters.